The van der Waals surface area contributed by atoms with Crippen LogP contribution in [0.2, 0.25) is 18.1 Å². The third-order valence-electron chi connectivity index (χ3n) is 6.41. The number of hydrogen-bond acceptors (Lipinski definition) is 6. The van der Waals surface area contributed by atoms with E-state index in [1.165, 1.54) is 4.70 Å². The van der Waals surface area contributed by atoms with Crippen molar-refractivity contribution >= 4 is 41.2 Å². The molecule has 1 aromatic heterocycles. The summed E-state index contributed by atoms with van der Waals surface area (Å²) in [5.74, 6) is 0.623. The summed E-state index contributed by atoms with van der Waals surface area (Å²) in [5, 5.41) is 1.36. The minimum absolute atomic E-state index is 0.219. The van der Waals surface area contributed by atoms with E-state index in [0.29, 0.717) is 12.0 Å². The highest BCUT2D eigenvalue weighted by Gasteiger charge is 2.40. The smallest absolute Gasteiger partial charge is 0.192 e. The number of rotatable bonds is 6. The number of anilines is 2. The second-order valence-electron chi connectivity index (χ2n) is 10.4. The highest BCUT2D eigenvalue weighted by molar-refractivity contribution is 7.18. The molecule has 5 nitrogen and oxygen atoms in total. The van der Waals surface area contributed by atoms with E-state index in [2.05, 4.69) is 70.8 Å². The van der Waals surface area contributed by atoms with Crippen LogP contribution >= 0.6 is 11.3 Å². The van der Waals surface area contributed by atoms with Gasteiger partial charge in [-0.15, -0.1) is 11.3 Å². The van der Waals surface area contributed by atoms with Gasteiger partial charge < -0.3 is 20.0 Å². The summed E-state index contributed by atoms with van der Waals surface area (Å²) in [5.41, 5.74) is 9.50. The van der Waals surface area contributed by atoms with E-state index in [9.17, 15) is 0 Å². The normalized spacial score (nSPS) is 20.9. The molecule has 0 radical (unpaired) electrons. The van der Waals surface area contributed by atoms with E-state index in [0.717, 1.165) is 48.0 Å². The van der Waals surface area contributed by atoms with Gasteiger partial charge in [-0.1, -0.05) is 27.7 Å². The Morgan fingerprint density at radius 3 is 2.62 bits per heavy atom. The van der Waals surface area contributed by atoms with Gasteiger partial charge in [0.05, 0.1) is 28.7 Å². The molecular formula is C22H38N4OSSi. The zero-order chi connectivity index (χ0) is 21.6. The minimum atomic E-state index is -1.78. The minimum Gasteiger partial charge on any atom is -0.415 e. The lowest BCUT2D eigenvalue weighted by atomic mass is 10.1. The Kier molecular flexibility index (Phi) is 6.35. The Bertz CT molecular complexity index is 858. The average molecular weight is 435 g/mol. The molecule has 0 amide bonds. The first-order valence-corrected chi connectivity index (χ1v) is 14.3. The molecule has 2 heterocycles. The van der Waals surface area contributed by atoms with Crippen molar-refractivity contribution in [3.05, 3.63) is 17.1 Å². The molecule has 162 valence electrons. The van der Waals surface area contributed by atoms with Gasteiger partial charge in [-0.25, -0.2) is 4.98 Å². The van der Waals surface area contributed by atoms with Crippen molar-refractivity contribution in [2.45, 2.75) is 64.8 Å². The highest BCUT2D eigenvalue weighted by atomic mass is 32.1. The van der Waals surface area contributed by atoms with Crippen LogP contribution in [0.25, 0.3) is 10.2 Å². The maximum atomic E-state index is 6.62. The summed E-state index contributed by atoms with van der Waals surface area (Å²) in [7, 11) is 2.38. The first-order valence-electron chi connectivity index (χ1n) is 10.6. The Labute approximate surface area is 181 Å². The van der Waals surface area contributed by atoms with Gasteiger partial charge >= 0.3 is 0 Å². The molecule has 1 aromatic carbocycles. The number of nitrogen functional groups attached to an aromatic ring is 1. The molecule has 2 N–H and O–H groups in total. The van der Waals surface area contributed by atoms with E-state index >= 15 is 0 Å². The van der Waals surface area contributed by atoms with Crippen molar-refractivity contribution in [2.24, 2.45) is 5.92 Å². The van der Waals surface area contributed by atoms with Gasteiger partial charge in [0.1, 0.15) is 10.5 Å². The summed E-state index contributed by atoms with van der Waals surface area (Å²) in [4.78, 5) is 9.63. The lowest BCUT2D eigenvalue weighted by molar-refractivity contribution is 0.261. The molecule has 0 bridgehead atoms. The summed E-state index contributed by atoms with van der Waals surface area (Å²) in [6, 6.07) is 4.52. The van der Waals surface area contributed by atoms with E-state index < -0.39 is 8.32 Å². The highest BCUT2D eigenvalue weighted by Crippen LogP contribution is 2.41. The van der Waals surface area contributed by atoms with Crippen molar-refractivity contribution in [3.8, 4) is 0 Å². The van der Waals surface area contributed by atoms with Crippen LogP contribution in [-0.4, -0.2) is 51.5 Å². The quantitative estimate of drug-likeness (QED) is 0.502. The predicted octanol–water partition coefficient (Wildman–Crippen LogP) is 5.18. The molecule has 2 aromatic rings. The average Bonchev–Trinajstić information content (AvgIpc) is 3.14. The third-order valence-corrected chi connectivity index (χ3v) is 11.9. The van der Waals surface area contributed by atoms with Crippen LogP contribution in [0.5, 0.6) is 0 Å². The van der Waals surface area contributed by atoms with Gasteiger partial charge in [0, 0.05) is 13.1 Å². The van der Waals surface area contributed by atoms with Gasteiger partial charge in [-0.2, -0.15) is 0 Å². The predicted molar refractivity (Wildman–Crippen MR) is 129 cm³/mol. The molecule has 0 saturated carbocycles. The maximum Gasteiger partial charge on any atom is 0.192 e. The van der Waals surface area contributed by atoms with E-state index in [1.54, 1.807) is 11.3 Å². The number of thiazole rings is 1. The molecule has 3 rings (SSSR count). The number of nitrogens with zero attached hydrogens (tertiary/aromatic N) is 3. The molecule has 0 aliphatic carbocycles. The van der Waals surface area contributed by atoms with Gasteiger partial charge in [-0.3, -0.25) is 0 Å². The fourth-order valence-electron chi connectivity index (χ4n) is 3.79. The van der Waals surface area contributed by atoms with Crippen molar-refractivity contribution in [1.82, 2.24) is 9.88 Å². The number of benzene rings is 1. The Morgan fingerprint density at radius 2 is 2.00 bits per heavy atom. The number of nitrogens with two attached hydrogens (primary N) is 1. The SMILES string of the molecule is C[C@@H]1C[C@@H](CO[Si](C)(C)C(C)(C)C)N(c2c(N)ccc3sc(CN(C)C)nc23)C1. The van der Waals surface area contributed by atoms with Crippen molar-refractivity contribution in [1.29, 1.82) is 0 Å². The van der Waals surface area contributed by atoms with Crippen LogP contribution in [-0.2, 0) is 11.0 Å². The van der Waals surface area contributed by atoms with Crippen LogP contribution in [0.3, 0.4) is 0 Å². The zero-order valence-electron chi connectivity index (χ0n) is 19.4. The van der Waals surface area contributed by atoms with Crippen LogP contribution in [0.15, 0.2) is 12.1 Å². The summed E-state index contributed by atoms with van der Waals surface area (Å²) in [6.45, 7) is 16.5. The van der Waals surface area contributed by atoms with E-state index in [1.807, 2.05) is 6.07 Å². The van der Waals surface area contributed by atoms with Crippen molar-refractivity contribution in [3.63, 3.8) is 0 Å². The Hall–Kier alpha value is -1.15. The summed E-state index contributed by atoms with van der Waals surface area (Å²) in [6.07, 6.45) is 1.14. The van der Waals surface area contributed by atoms with Gasteiger partial charge in [0.25, 0.3) is 0 Å². The first kappa shape index (κ1) is 22.5. The maximum absolute atomic E-state index is 6.62. The van der Waals surface area contributed by atoms with Crippen LogP contribution in [0, 0.1) is 5.92 Å². The van der Waals surface area contributed by atoms with Crippen LogP contribution in [0.4, 0.5) is 11.4 Å². The molecular weight excluding hydrogens is 396 g/mol. The first-order chi connectivity index (χ1) is 13.4. The standard InChI is InChI=1S/C22H38N4OSSi/c1-15-11-16(14-27-29(7,8)22(2,3)4)26(12-15)21-17(23)9-10-18-20(21)24-19(28-18)13-25(5)6/h9-10,15-16H,11-14,23H2,1-8H3/t15-,16+/m1/s1. The molecule has 1 fully saturated rings. The zero-order valence-corrected chi connectivity index (χ0v) is 21.2. The number of fused-ring (bicyclic) bond motifs is 1. The number of aromatic nitrogens is 1. The van der Waals surface area contributed by atoms with E-state index in [-0.39, 0.29) is 5.04 Å². The lowest BCUT2D eigenvalue weighted by Gasteiger charge is -2.38. The summed E-state index contributed by atoms with van der Waals surface area (Å²) >= 11 is 1.77. The Balaban J connectivity index is 1.92. The van der Waals surface area contributed by atoms with Crippen molar-refractivity contribution in [2.75, 3.05) is 37.9 Å². The van der Waals surface area contributed by atoms with E-state index in [4.69, 9.17) is 15.1 Å². The fourth-order valence-corrected chi connectivity index (χ4v) is 5.92. The second kappa shape index (κ2) is 8.17. The molecule has 0 spiro atoms. The van der Waals surface area contributed by atoms with Crippen molar-refractivity contribution < 1.29 is 4.43 Å². The molecule has 29 heavy (non-hydrogen) atoms. The summed E-state index contributed by atoms with van der Waals surface area (Å²) < 4.78 is 7.84. The second-order valence-corrected chi connectivity index (χ2v) is 16.3. The van der Waals surface area contributed by atoms with Crippen LogP contribution in [0.1, 0.15) is 39.1 Å². The van der Waals surface area contributed by atoms with Gasteiger partial charge in [-0.05, 0) is 56.7 Å². The Morgan fingerprint density at radius 1 is 1.31 bits per heavy atom. The van der Waals surface area contributed by atoms with Crippen LogP contribution < -0.4 is 10.6 Å². The molecule has 1 saturated heterocycles. The number of hydrogen-bond donors (Lipinski definition) is 1. The fraction of sp³-hybridized carbons (Fsp3) is 0.682. The molecule has 1 aliphatic heterocycles. The molecule has 0 unspecified atom stereocenters. The topological polar surface area (TPSA) is 54.6 Å². The van der Waals surface area contributed by atoms with Gasteiger partial charge in [0.15, 0.2) is 8.32 Å². The molecule has 2 atom stereocenters. The lowest BCUT2D eigenvalue weighted by Crippen LogP contribution is -2.45. The molecule has 1 aliphatic rings. The monoisotopic (exact) mass is 434 g/mol. The van der Waals surface area contributed by atoms with Gasteiger partial charge in [0.2, 0.25) is 0 Å². The third kappa shape index (κ3) is 4.79. The molecule has 7 heteroatoms. The largest absolute Gasteiger partial charge is 0.415 e.